The Labute approximate surface area is 143 Å². The lowest BCUT2D eigenvalue weighted by Gasteiger charge is -2.38. The first-order valence-electron chi connectivity index (χ1n) is 8.39. The summed E-state index contributed by atoms with van der Waals surface area (Å²) in [6.45, 7) is 1.49. The number of likely N-dealkylation sites (tertiary alicyclic amines) is 1. The van der Waals surface area contributed by atoms with Crippen LogP contribution in [0.3, 0.4) is 0 Å². The number of alkyl halides is 2. The van der Waals surface area contributed by atoms with E-state index in [9.17, 15) is 13.6 Å². The van der Waals surface area contributed by atoms with Crippen molar-refractivity contribution < 1.29 is 22.7 Å². The number of nitrogens with zero attached hydrogens (tertiary/aromatic N) is 3. The maximum Gasteiger partial charge on any atom is 0.253 e. The van der Waals surface area contributed by atoms with Crippen molar-refractivity contribution in [2.75, 3.05) is 37.7 Å². The predicted octanol–water partition coefficient (Wildman–Crippen LogP) is 2.29. The summed E-state index contributed by atoms with van der Waals surface area (Å²) >= 11 is 0. The molecule has 2 aliphatic heterocycles. The lowest BCUT2D eigenvalue weighted by atomic mass is 10.1. The van der Waals surface area contributed by atoms with Gasteiger partial charge in [0.15, 0.2) is 6.10 Å². The molecule has 0 radical (unpaired) electrons. The summed E-state index contributed by atoms with van der Waals surface area (Å²) in [6, 6.07) is 3.63. The first kappa shape index (κ1) is 16.3. The third-order valence-corrected chi connectivity index (χ3v) is 4.81. The Bertz CT molecular complexity index is 769. The van der Waals surface area contributed by atoms with Crippen molar-refractivity contribution in [3.05, 3.63) is 24.6 Å². The van der Waals surface area contributed by atoms with Crippen LogP contribution in [0.2, 0.25) is 0 Å². The highest BCUT2D eigenvalue weighted by atomic mass is 19.3. The number of rotatable bonds is 2. The van der Waals surface area contributed by atoms with E-state index in [1.165, 1.54) is 4.90 Å². The second-order valence-corrected chi connectivity index (χ2v) is 6.45. The second kappa shape index (κ2) is 6.25. The van der Waals surface area contributed by atoms with Crippen LogP contribution in [0, 0.1) is 0 Å². The average Bonchev–Trinajstić information content (AvgIpc) is 3.10. The molecule has 2 aliphatic rings. The number of furan rings is 1. The Morgan fingerprint density at radius 1 is 1.24 bits per heavy atom. The molecular formula is C17H19F2N3O3. The van der Waals surface area contributed by atoms with Gasteiger partial charge < -0.3 is 19.0 Å². The molecule has 0 saturated carbocycles. The van der Waals surface area contributed by atoms with Gasteiger partial charge in [-0.15, -0.1) is 0 Å². The van der Waals surface area contributed by atoms with E-state index in [1.807, 2.05) is 11.0 Å². The van der Waals surface area contributed by atoms with Gasteiger partial charge in [-0.2, -0.15) is 0 Å². The smallest absolute Gasteiger partial charge is 0.253 e. The molecule has 0 bridgehead atoms. The summed E-state index contributed by atoms with van der Waals surface area (Å²) in [5.74, 6) is -2.14. The normalized spacial score (nSPS) is 23.8. The molecule has 0 aromatic carbocycles. The fourth-order valence-electron chi connectivity index (χ4n) is 3.38. The summed E-state index contributed by atoms with van der Waals surface area (Å²) < 4.78 is 37.6. The number of piperidine rings is 1. The van der Waals surface area contributed by atoms with Gasteiger partial charge in [0.1, 0.15) is 11.4 Å². The topological polar surface area (TPSA) is 58.8 Å². The monoisotopic (exact) mass is 351 g/mol. The van der Waals surface area contributed by atoms with Crippen LogP contribution in [-0.2, 0) is 9.53 Å². The summed E-state index contributed by atoms with van der Waals surface area (Å²) in [6.07, 6.45) is 2.03. The Morgan fingerprint density at radius 2 is 2.04 bits per heavy atom. The predicted molar refractivity (Wildman–Crippen MR) is 86.7 cm³/mol. The van der Waals surface area contributed by atoms with Gasteiger partial charge in [-0.3, -0.25) is 4.79 Å². The van der Waals surface area contributed by atoms with E-state index in [0.717, 1.165) is 16.8 Å². The second-order valence-electron chi connectivity index (χ2n) is 6.45. The van der Waals surface area contributed by atoms with Gasteiger partial charge in [0.2, 0.25) is 0 Å². The molecular weight excluding hydrogens is 332 g/mol. The molecule has 2 aromatic heterocycles. The average molecular weight is 351 g/mol. The molecule has 4 rings (SSSR count). The van der Waals surface area contributed by atoms with Gasteiger partial charge in [-0.25, -0.2) is 13.8 Å². The highest BCUT2D eigenvalue weighted by Crippen LogP contribution is 2.29. The van der Waals surface area contributed by atoms with Gasteiger partial charge in [0.25, 0.3) is 11.8 Å². The highest BCUT2D eigenvalue weighted by Gasteiger charge is 2.38. The van der Waals surface area contributed by atoms with Crippen molar-refractivity contribution >= 4 is 22.7 Å². The van der Waals surface area contributed by atoms with E-state index in [4.69, 9.17) is 9.15 Å². The molecule has 0 aliphatic carbocycles. The number of ether oxygens (including phenoxy) is 1. The molecule has 1 amide bonds. The van der Waals surface area contributed by atoms with E-state index >= 15 is 0 Å². The van der Waals surface area contributed by atoms with Gasteiger partial charge in [0, 0.05) is 38.7 Å². The summed E-state index contributed by atoms with van der Waals surface area (Å²) in [5, 5.41) is 0.883. The molecule has 0 spiro atoms. The number of carbonyl (C=O) groups excluding carboxylic acids is 1. The van der Waals surface area contributed by atoms with Crippen LogP contribution in [0.15, 0.2) is 29.0 Å². The molecule has 2 fully saturated rings. The van der Waals surface area contributed by atoms with Crippen LogP contribution in [-0.4, -0.2) is 60.6 Å². The zero-order chi connectivity index (χ0) is 17.4. The van der Waals surface area contributed by atoms with Crippen LogP contribution in [0.1, 0.15) is 12.8 Å². The number of hydrogen-bond acceptors (Lipinski definition) is 5. The fourth-order valence-corrected chi connectivity index (χ4v) is 3.38. The molecule has 2 aromatic rings. The largest absolute Gasteiger partial charge is 0.464 e. The van der Waals surface area contributed by atoms with Crippen molar-refractivity contribution in [3.8, 4) is 0 Å². The molecule has 1 atom stereocenters. The van der Waals surface area contributed by atoms with Crippen LogP contribution < -0.4 is 4.90 Å². The van der Waals surface area contributed by atoms with Crippen LogP contribution in [0.4, 0.5) is 14.6 Å². The molecule has 2 saturated heterocycles. The lowest BCUT2D eigenvalue weighted by Crippen LogP contribution is -2.53. The van der Waals surface area contributed by atoms with E-state index < -0.39 is 12.0 Å². The molecule has 6 nitrogen and oxygen atoms in total. The zero-order valence-corrected chi connectivity index (χ0v) is 13.7. The van der Waals surface area contributed by atoms with Gasteiger partial charge in [-0.1, -0.05) is 0 Å². The molecule has 0 N–H and O–H groups in total. The Balaban J connectivity index is 1.48. The van der Waals surface area contributed by atoms with E-state index in [0.29, 0.717) is 19.7 Å². The fraction of sp³-hybridized carbons (Fsp3) is 0.529. The lowest BCUT2D eigenvalue weighted by molar-refractivity contribution is -0.150. The van der Waals surface area contributed by atoms with Crippen molar-refractivity contribution in [1.82, 2.24) is 9.88 Å². The minimum atomic E-state index is -2.67. The number of fused-ring (bicyclic) bond motifs is 1. The van der Waals surface area contributed by atoms with Crippen molar-refractivity contribution in [2.45, 2.75) is 24.9 Å². The number of aromatic nitrogens is 1. The Morgan fingerprint density at radius 3 is 2.84 bits per heavy atom. The quantitative estimate of drug-likeness (QED) is 0.831. The molecule has 134 valence electrons. The first-order valence-corrected chi connectivity index (χ1v) is 8.39. The minimum Gasteiger partial charge on any atom is -0.464 e. The summed E-state index contributed by atoms with van der Waals surface area (Å²) in [4.78, 5) is 20.5. The molecule has 4 heterocycles. The van der Waals surface area contributed by atoms with Gasteiger partial charge in [0.05, 0.1) is 24.8 Å². The molecule has 8 heteroatoms. The van der Waals surface area contributed by atoms with Crippen LogP contribution in [0.25, 0.3) is 11.0 Å². The van der Waals surface area contributed by atoms with E-state index in [1.54, 1.807) is 18.5 Å². The third kappa shape index (κ3) is 3.18. The van der Waals surface area contributed by atoms with Gasteiger partial charge in [-0.05, 0) is 12.1 Å². The number of pyridine rings is 1. The van der Waals surface area contributed by atoms with Crippen LogP contribution in [0.5, 0.6) is 0 Å². The Hall–Kier alpha value is -2.22. The minimum absolute atomic E-state index is 0.0707. The maximum absolute atomic E-state index is 13.3. The maximum atomic E-state index is 13.3. The third-order valence-electron chi connectivity index (χ3n) is 4.81. The molecule has 25 heavy (non-hydrogen) atoms. The van der Waals surface area contributed by atoms with Crippen molar-refractivity contribution in [3.63, 3.8) is 0 Å². The summed E-state index contributed by atoms with van der Waals surface area (Å²) in [7, 11) is 0. The standard InChI is InChI=1S/C17H19F2N3O3/c18-17(19)3-6-21(7-4-17)16(23)14-11-22(8-10-25-14)15-12-2-9-24-13(12)1-5-20-15/h1-2,5,9,14H,3-4,6-8,10-11H2. The van der Waals surface area contributed by atoms with E-state index in [2.05, 4.69) is 4.98 Å². The number of halogens is 2. The van der Waals surface area contributed by atoms with Crippen molar-refractivity contribution in [1.29, 1.82) is 0 Å². The highest BCUT2D eigenvalue weighted by molar-refractivity contribution is 5.89. The number of amides is 1. The number of morpholine rings is 1. The number of carbonyl (C=O) groups is 1. The summed E-state index contributed by atoms with van der Waals surface area (Å²) in [5.41, 5.74) is 0.734. The zero-order valence-electron chi connectivity index (χ0n) is 13.7. The van der Waals surface area contributed by atoms with Gasteiger partial charge >= 0.3 is 0 Å². The molecule has 1 unspecified atom stereocenters. The Kier molecular flexibility index (Phi) is 4.07. The first-order chi connectivity index (χ1) is 12.0. The number of anilines is 1. The number of hydrogen-bond donors (Lipinski definition) is 0. The van der Waals surface area contributed by atoms with E-state index in [-0.39, 0.29) is 31.8 Å². The SMILES string of the molecule is O=C(C1CN(c2nccc3occc23)CCO1)N1CCC(F)(F)CC1. The van der Waals surface area contributed by atoms with Crippen LogP contribution >= 0.6 is 0 Å². The van der Waals surface area contributed by atoms with Crippen molar-refractivity contribution in [2.24, 2.45) is 0 Å².